The van der Waals surface area contributed by atoms with Crippen molar-refractivity contribution in [2.45, 2.75) is 39.3 Å². The van der Waals surface area contributed by atoms with Gasteiger partial charge in [0.25, 0.3) is 0 Å². The minimum atomic E-state index is -0.420. The quantitative estimate of drug-likeness (QED) is 0.681. The normalized spacial score (nSPS) is 25.8. The predicted octanol–water partition coefficient (Wildman–Crippen LogP) is 0.148. The highest BCUT2D eigenvalue weighted by atomic mass is 16.5. The Morgan fingerprint density at radius 2 is 2.06 bits per heavy atom. The summed E-state index contributed by atoms with van der Waals surface area (Å²) in [5.74, 6) is -0.0859. The molecular formula is C11H20N2O3. The second kappa shape index (κ2) is 5.84. The molecule has 0 spiro atoms. The first-order valence-electron chi connectivity index (χ1n) is 5.80. The summed E-state index contributed by atoms with van der Waals surface area (Å²) in [5.41, 5.74) is 0. The number of piperazine rings is 1. The third-order valence-electron chi connectivity index (χ3n) is 2.76. The Morgan fingerprint density at radius 3 is 2.62 bits per heavy atom. The zero-order valence-corrected chi connectivity index (χ0v) is 10.2. The lowest BCUT2D eigenvalue weighted by atomic mass is 10.1. The summed E-state index contributed by atoms with van der Waals surface area (Å²) in [6.45, 7) is 7.12. The van der Waals surface area contributed by atoms with E-state index in [4.69, 9.17) is 4.74 Å². The summed E-state index contributed by atoms with van der Waals surface area (Å²) in [5, 5.41) is 2.68. The van der Waals surface area contributed by atoms with E-state index >= 15 is 0 Å². The molecule has 1 aliphatic rings. The van der Waals surface area contributed by atoms with Crippen molar-refractivity contribution in [2.24, 2.45) is 0 Å². The smallest absolute Gasteiger partial charge is 0.245 e. The second-order valence-corrected chi connectivity index (χ2v) is 3.88. The SMILES string of the molecule is CCOCCN1C(=O)C(C)NC(=O)C1CC. The van der Waals surface area contributed by atoms with E-state index in [2.05, 4.69) is 5.32 Å². The molecule has 2 atom stereocenters. The van der Waals surface area contributed by atoms with Crippen LogP contribution in [0.2, 0.25) is 0 Å². The number of hydrogen-bond acceptors (Lipinski definition) is 3. The number of nitrogens with zero attached hydrogens (tertiary/aromatic N) is 1. The molecule has 1 heterocycles. The summed E-state index contributed by atoms with van der Waals surface area (Å²) in [4.78, 5) is 25.2. The van der Waals surface area contributed by atoms with Crippen LogP contribution in [0.1, 0.15) is 27.2 Å². The Balaban J connectivity index is 2.65. The minimum absolute atomic E-state index is 0.0221. The highest BCUT2D eigenvalue weighted by Gasteiger charge is 2.36. The first-order valence-corrected chi connectivity index (χ1v) is 5.80. The van der Waals surface area contributed by atoms with Crippen LogP contribution in [0.3, 0.4) is 0 Å². The molecule has 0 radical (unpaired) electrons. The predicted molar refractivity (Wildman–Crippen MR) is 59.9 cm³/mol. The van der Waals surface area contributed by atoms with Crippen molar-refractivity contribution in [1.82, 2.24) is 10.2 Å². The maximum absolute atomic E-state index is 11.9. The Bertz CT molecular complexity index is 268. The fraction of sp³-hybridized carbons (Fsp3) is 0.818. The van der Waals surface area contributed by atoms with Crippen LogP contribution in [0.5, 0.6) is 0 Å². The molecule has 1 aliphatic heterocycles. The summed E-state index contributed by atoms with van der Waals surface area (Å²) in [6.07, 6.45) is 0.635. The Kier molecular flexibility index (Phi) is 4.73. The molecule has 2 amide bonds. The van der Waals surface area contributed by atoms with Crippen LogP contribution in [0.25, 0.3) is 0 Å². The van der Waals surface area contributed by atoms with Gasteiger partial charge in [-0.2, -0.15) is 0 Å². The molecule has 5 heteroatoms. The van der Waals surface area contributed by atoms with Crippen LogP contribution in [-0.4, -0.2) is 48.6 Å². The standard InChI is InChI=1S/C11H20N2O3/c1-4-9-10(14)12-8(3)11(15)13(9)6-7-16-5-2/h8-9H,4-7H2,1-3H3,(H,12,14). The van der Waals surface area contributed by atoms with Crippen molar-refractivity contribution in [3.63, 3.8) is 0 Å². The van der Waals surface area contributed by atoms with Gasteiger partial charge in [0.05, 0.1) is 6.61 Å². The zero-order chi connectivity index (χ0) is 12.1. The van der Waals surface area contributed by atoms with Crippen molar-refractivity contribution in [2.75, 3.05) is 19.8 Å². The Hall–Kier alpha value is -1.10. The third kappa shape index (κ3) is 2.72. The van der Waals surface area contributed by atoms with Gasteiger partial charge < -0.3 is 15.0 Å². The molecule has 1 saturated heterocycles. The van der Waals surface area contributed by atoms with Gasteiger partial charge in [0.1, 0.15) is 12.1 Å². The molecule has 0 saturated carbocycles. The van der Waals surface area contributed by atoms with Crippen LogP contribution in [0, 0.1) is 0 Å². The van der Waals surface area contributed by atoms with Crippen LogP contribution in [0.15, 0.2) is 0 Å². The zero-order valence-electron chi connectivity index (χ0n) is 10.2. The van der Waals surface area contributed by atoms with Gasteiger partial charge in [0.2, 0.25) is 11.8 Å². The van der Waals surface area contributed by atoms with Crippen LogP contribution >= 0.6 is 0 Å². The molecule has 16 heavy (non-hydrogen) atoms. The number of hydrogen-bond donors (Lipinski definition) is 1. The molecule has 0 aromatic rings. The van der Waals surface area contributed by atoms with Crippen LogP contribution in [0.4, 0.5) is 0 Å². The highest BCUT2D eigenvalue weighted by molar-refractivity contribution is 5.96. The molecule has 0 bridgehead atoms. The van der Waals surface area contributed by atoms with E-state index in [0.717, 1.165) is 0 Å². The number of amides is 2. The Labute approximate surface area is 96.1 Å². The molecule has 0 aliphatic carbocycles. The molecule has 1 N–H and O–H groups in total. The number of rotatable bonds is 5. The van der Waals surface area contributed by atoms with Crippen molar-refractivity contribution >= 4 is 11.8 Å². The number of nitrogens with one attached hydrogen (secondary N) is 1. The van der Waals surface area contributed by atoms with E-state index in [1.54, 1.807) is 11.8 Å². The van der Waals surface area contributed by atoms with Gasteiger partial charge in [-0.25, -0.2) is 0 Å². The van der Waals surface area contributed by atoms with Crippen molar-refractivity contribution in [1.29, 1.82) is 0 Å². The summed E-state index contributed by atoms with van der Waals surface area (Å²) in [6, 6.07) is -0.763. The molecule has 92 valence electrons. The van der Waals surface area contributed by atoms with Gasteiger partial charge in [-0.1, -0.05) is 6.92 Å². The first kappa shape index (κ1) is 13.0. The molecule has 0 aromatic carbocycles. The summed E-state index contributed by atoms with van der Waals surface area (Å²) in [7, 11) is 0. The van der Waals surface area contributed by atoms with E-state index in [0.29, 0.717) is 26.2 Å². The molecule has 1 rings (SSSR count). The largest absolute Gasteiger partial charge is 0.380 e. The number of carbonyl (C=O) groups is 2. The fourth-order valence-electron chi connectivity index (χ4n) is 1.89. The molecular weight excluding hydrogens is 208 g/mol. The van der Waals surface area contributed by atoms with Gasteiger partial charge in [-0.3, -0.25) is 9.59 Å². The highest BCUT2D eigenvalue weighted by Crippen LogP contribution is 2.12. The van der Waals surface area contributed by atoms with Gasteiger partial charge >= 0.3 is 0 Å². The summed E-state index contributed by atoms with van der Waals surface area (Å²) >= 11 is 0. The fourth-order valence-corrected chi connectivity index (χ4v) is 1.89. The van der Waals surface area contributed by atoms with Crippen LogP contribution in [-0.2, 0) is 14.3 Å². The third-order valence-corrected chi connectivity index (χ3v) is 2.76. The van der Waals surface area contributed by atoms with E-state index in [1.807, 2.05) is 13.8 Å². The topological polar surface area (TPSA) is 58.6 Å². The lowest BCUT2D eigenvalue weighted by molar-refractivity contribution is -0.149. The molecule has 5 nitrogen and oxygen atoms in total. The van der Waals surface area contributed by atoms with Crippen molar-refractivity contribution < 1.29 is 14.3 Å². The van der Waals surface area contributed by atoms with Gasteiger partial charge in [-0.15, -0.1) is 0 Å². The van der Waals surface area contributed by atoms with E-state index in [1.165, 1.54) is 0 Å². The number of ether oxygens (including phenoxy) is 1. The van der Waals surface area contributed by atoms with Crippen molar-refractivity contribution in [3.05, 3.63) is 0 Å². The molecule has 2 unspecified atom stereocenters. The lowest BCUT2D eigenvalue weighted by Gasteiger charge is -2.37. The van der Waals surface area contributed by atoms with E-state index < -0.39 is 6.04 Å². The maximum Gasteiger partial charge on any atom is 0.245 e. The van der Waals surface area contributed by atoms with Gasteiger partial charge in [-0.05, 0) is 20.3 Å². The minimum Gasteiger partial charge on any atom is -0.380 e. The van der Waals surface area contributed by atoms with Crippen molar-refractivity contribution in [3.8, 4) is 0 Å². The summed E-state index contributed by atoms with van der Waals surface area (Å²) < 4.78 is 5.22. The first-order chi connectivity index (χ1) is 7.61. The average molecular weight is 228 g/mol. The van der Waals surface area contributed by atoms with E-state index in [9.17, 15) is 9.59 Å². The number of carbonyl (C=O) groups excluding carboxylic acids is 2. The molecule has 0 aromatic heterocycles. The van der Waals surface area contributed by atoms with Gasteiger partial charge in [0.15, 0.2) is 0 Å². The van der Waals surface area contributed by atoms with Crippen LogP contribution < -0.4 is 5.32 Å². The maximum atomic E-state index is 11.9. The second-order valence-electron chi connectivity index (χ2n) is 3.88. The Morgan fingerprint density at radius 1 is 1.38 bits per heavy atom. The lowest BCUT2D eigenvalue weighted by Crippen LogP contribution is -2.62. The van der Waals surface area contributed by atoms with E-state index in [-0.39, 0.29) is 17.9 Å². The average Bonchev–Trinajstić information content (AvgIpc) is 2.25. The monoisotopic (exact) mass is 228 g/mol. The van der Waals surface area contributed by atoms with Gasteiger partial charge in [0, 0.05) is 13.2 Å². The molecule has 1 fully saturated rings.